The van der Waals surface area contributed by atoms with Gasteiger partial charge in [0.1, 0.15) is 12.2 Å². The third-order valence-electron chi connectivity index (χ3n) is 2.75. The summed E-state index contributed by atoms with van der Waals surface area (Å²) in [6, 6.07) is -0.0215. The summed E-state index contributed by atoms with van der Waals surface area (Å²) >= 11 is 0. The zero-order chi connectivity index (χ0) is 9.64. The van der Waals surface area contributed by atoms with E-state index in [2.05, 4.69) is 0 Å². The molecule has 4 nitrogen and oxygen atoms in total. The molecule has 0 radical (unpaired) electrons. The van der Waals surface area contributed by atoms with E-state index < -0.39 is 5.79 Å². The molecule has 0 aromatic carbocycles. The van der Waals surface area contributed by atoms with Gasteiger partial charge in [0.05, 0.1) is 0 Å². The van der Waals surface area contributed by atoms with Gasteiger partial charge in [-0.25, -0.2) is 0 Å². The Bertz CT molecular complexity index is 207. The van der Waals surface area contributed by atoms with E-state index in [1.165, 1.54) is 0 Å². The lowest BCUT2D eigenvalue weighted by Crippen LogP contribution is -2.34. The number of fused-ring (bicyclic) bond motifs is 1. The maximum absolute atomic E-state index is 11.4. The molecule has 0 N–H and O–H groups in total. The molecule has 0 aliphatic carbocycles. The molecule has 3 atom stereocenters. The summed E-state index contributed by atoms with van der Waals surface area (Å²) in [6.07, 6.45) is 0.763. The number of rotatable bonds is 1. The minimum Gasteiger partial charge on any atom is -0.785 e. The van der Waals surface area contributed by atoms with Gasteiger partial charge in [-0.1, -0.05) is 6.92 Å². The standard InChI is InChI=1S/C9H16NO3/c1-4-6-8-7(5-10(6)11)12-9(2,3)13-8/h6-8H,4-5H2,1-3H3/q-1/t6-,7+,8-/m1/s1. The second-order valence-electron chi connectivity index (χ2n) is 4.21. The van der Waals surface area contributed by atoms with Crippen LogP contribution in [0.5, 0.6) is 0 Å². The normalized spacial score (nSPS) is 43.8. The van der Waals surface area contributed by atoms with Gasteiger partial charge in [-0.2, -0.15) is 0 Å². The van der Waals surface area contributed by atoms with Crippen LogP contribution in [0.2, 0.25) is 0 Å². The predicted molar refractivity (Wildman–Crippen MR) is 48.0 cm³/mol. The fourth-order valence-corrected chi connectivity index (χ4v) is 2.24. The Kier molecular flexibility index (Phi) is 2.11. The molecule has 0 unspecified atom stereocenters. The highest BCUT2D eigenvalue weighted by atomic mass is 16.8. The van der Waals surface area contributed by atoms with Crippen molar-refractivity contribution in [3.63, 3.8) is 0 Å². The van der Waals surface area contributed by atoms with Crippen LogP contribution in [0.25, 0.3) is 0 Å². The highest BCUT2D eigenvalue weighted by Gasteiger charge is 2.49. The molecular weight excluding hydrogens is 170 g/mol. The van der Waals surface area contributed by atoms with Crippen LogP contribution in [0.1, 0.15) is 27.2 Å². The molecule has 2 heterocycles. The van der Waals surface area contributed by atoms with Crippen LogP contribution in [0, 0.1) is 5.21 Å². The third kappa shape index (κ3) is 1.48. The number of hydroxylamine groups is 2. The van der Waals surface area contributed by atoms with E-state index in [4.69, 9.17) is 9.47 Å². The van der Waals surface area contributed by atoms with E-state index in [9.17, 15) is 5.21 Å². The van der Waals surface area contributed by atoms with Crippen LogP contribution in [0.3, 0.4) is 0 Å². The van der Waals surface area contributed by atoms with Gasteiger partial charge < -0.3 is 19.7 Å². The summed E-state index contributed by atoms with van der Waals surface area (Å²) in [5, 5.41) is 12.5. The Morgan fingerprint density at radius 3 is 2.77 bits per heavy atom. The monoisotopic (exact) mass is 186 g/mol. The van der Waals surface area contributed by atoms with Crippen molar-refractivity contribution in [3.8, 4) is 0 Å². The van der Waals surface area contributed by atoms with Crippen molar-refractivity contribution in [1.29, 1.82) is 0 Å². The number of hydrogen-bond acceptors (Lipinski definition) is 4. The van der Waals surface area contributed by atoms with Crippen molar-refractivity contribution in [2.75, 3.05) is 6.54 Å². The minimum atomic E-state index is -0.510. The molecule has 0 bridgehead atoms. The molecule has 0 amide bonds. The summed E-state index contributed by atoms with van der Waals surface area (Å²) in [6.45, 7) is 6.25. The summed E-state index contributed by atoms with van der Waals surface area (Å²) in [5.74, 6) is -0.510. The molecule has 0 aromatic rings. The minimum absolute atomic E-state index is 0.0215. The first-order valence-corrected chi connectivity index (χ1v) is 4.83. The number of ether oxygens (including phenoxy) is 2. The molecule has 2 saturated heterocycles. The van der Waals surface area contributed by atoms with Crippen molar-refractivity contribution in [1.82, 2.24) is 5.06 Å². The van der Waals surface area contributed by atoms with E-state index in [0.29, 0.717) is 6.54 Å². The first kappa shape index (κ1) is 9.40. The van der Waals surface area contributed by atoms with Gasteiger partial charge in [-0.15, -0.1) is 0 Å². The topological polar surface area (TPSA) is 44.8 Å². The summed E-state index contributed by atoms with van der Waals surface area (Å²) in [5.41, 5.74) is 0. The lowest BCUT2D eigenvalue weighted by molar-refractivity contribution is -0.159. The van der Waals surface area contributed by atoms with Crippen molar-refractivity contribution in [2.24, 2.45) is 0 Å². The van der Waals surface area contributed by atoms with Gasteiger partial charge in [0.2, 0.25) is 0 Å². The molecule has 0 saturated carbocycles. The van der Waals surface area contributed by atoms with E-state index in [1.807, 2.05) is 20.8 Å². The SMILES string of the molecule is CC[C@@H]1[C@H]2OC(C)(C)O[C@H]2CN1[O-]. The summed E-state index contributed by atoms with van der Waals surface area (Å²) in [7, 11) is 0. The Balaban J connectivity index is 2.10. The molecule has 4 heteroatoms. The Morgan fingerprint density at radius 2 is 2.15 bits per heavy atom. The Hall–Kier alpha value is -0.160. The van der Waals surface area contributed by atoms with Crippen molar-refractivity contribution < 1.29 is 9.47 Å². The quantitative estimate of drug-likeness (QED) is 0.615. The smallest absolute Gasteiger partial charge is 0.163 e. The lowest BCUT2D eigenvalue weighted by Gasteiger charge is -2.33. The van der Waals surface area contributed by atoms with Gasteiger partial charge >= 0.3 is 0 Å². The molecule has 13 heavy (non-hydrogen) atoms. The second kappa shape index (κ2) is 2.92. The van der Waals surface area contributed by atoms with Gasteiger partial charge in [0.25, 0.3) is 0 Å². The molecule has 2 aliphatic rings. The van der Waals surface area contributed by atoms with Crippen LogP contribution < -0.4 is 0 Å². The Morgan fingerprint density at radius 1 is 1.46 bits per heavy atom. The zero-order valence-electron chi connectivity index (χ0n) is 8.32. The maximum atomic E-state index is 11.4. The largest absolute Gasteiger partial charge is 0.785 e. The molecule has 0 spiro atoms. The first-order valence-electron chi connectivity index (χ1n) is 4.83. The predicted octanol–water partition coefficient (Wildman–Crippen LogP) is 1.10. The molecule has 2 rings (SSSR count). The van der Waals surface area contributed by atoms with Crippen LogP contribution >= 0.6 is 0 Å². The van der Waals surface area contributed by atoms with Gasteiger partial charge in [-0.05, 0) is 20.3 Å². The molecular formula is C9H16NO3-. The van der Waals surface area contributed by atoms with Crippen LogP contribution in [0.15, 0.2) is 0 Å². The molecule has 76 valence electrons. The summed E-state index contributed by atoms with van der Waals surface area (Å²) in [4.78, 5) is 0. The van der Waals surface area contributed by atoms with E-state index in [1.54, 1.807) is 0 Å². The second-order valence-corrected chi connectivity index (χ2v) is 4.21. The van der Waals surface area contributed by atoms with Crippen LogP contribution in [-0.4, -0.2) is 35.6 Å². The highest BCUT2D eigenvalue weighted by Crippen LogP contribution is 2.37. The first-order chi connectivity index (χ1) is 6.03. The van der Waals surface area contributed by atoms with E-state index >= 15 is 0 Å². The average molecular weight is 186 g/mol. The highest BCUT2D eigenvalue weighted by molar-refractivity contribution is 4.99. The van der Waals surface area contributed by atoms with Crippen LogP contribution in [0.4, 0.5) is 0 Å². The number of nitrogens with zero attached hydrogens (tertiary/aromatic N) is 1. The summed E-state index contributed by atoms with van der Waals surface area (Å²) < 4.78 is 11.3. The average Bonchev–Trinajstić information content (AvgIpc) is 2.39. The van der Waals surface area contributed by atoms with Gasteiger partial charge in [0.15, 0.2) is 5.79 Å². The van der Waals surface area contributed by atoms with Crippen molar-refractivity contribution >= 4 is 0 Å². The number of hydrogen-bond donors (Lipinski definition) is 0. The maximum Gasteiger partial charge on any atom is 0.163 e. The van der Waals surface area contributed by atoms with E-state index in [0.717, 1.165) is 11.5 Å². The van der Waals surface area contributed by atoms with Crippen molar-refractivity contribution in [2.45, 2.75) is 51.2 Å². The molecule has 0 aromatic heterocycles. The lowest BCUT2D eigenvalue weighted by atomic mass is 10.1. The molecule has 2 aliphatic heterocycles. The fraction of sp³-hybridized carbons (Fsp3) is 1.00. The van der Waals surface area contributed by atoms with Gasteiger partial charge in [0, 0.05) is 12.6 Å². The Labute approximate surface area is 78.4 Å². The zero-order valence-corrected chi connectivity index (χ0v) is 8.32. The third-order valence-corrected chi connectivity index (χ3v) is 2.75. The van der Waals surface area contributed by atoms with E-state index in [-0.39, 0.29) is 18.2 Å². The fourth-order valence-electron chi connectivity index (χ4n) is 2.24. The van der Waals surface area contributed by atoms with Crippen LogP contribution in [-0.2, 0) is 9.47 Å². The van der Waals surface area contributed by atoms with Gasteiger partial charge in [-0.3, -0.25) is 0 Å². The molecule has 2 fully saturated rings. The van der Waals surface area contributed by atoms with Crippen molar-refractivity contribution in [3.05, 3.63) is 5.21 Å².